The van der Waals surface area contributed by atoms with Crippen LogP contribution in [0.2, 0.25) is 0 Å². The summed E-state index contributed by atoms with van der Waals surface area (Å²) in [6.45, 7) is 6.22. The number of anilines is 1. The highest BCUT2D eigenvalue weighted by Gasteiger charge is 2.35. The lowest BCUT2D eigenvalue weighted by molar-refractivity contribution is -0.138. The zero-order valence-electron chi connectivity index (χ0n) is 13.0. The number of nitrogens with two attached hydrogens (primary N) is 1. The second-order valence-electron chi connectivity index (χ2n) is 5.67. The van der Waals surface area contributed by atoms with Crippen molar-refractivity contribution in [2.45, 2.75) is 45.8 Å². The van der Waals surface area contributed by atoms with Crippen molar-refractivity contribution in [3.8, 4) is 0 Å². The van der Waals surface area contributed by atoms with E-state index in [4.69, 9.17) is 10.5 Å². The van der Waals surface area contributed by atoms with Crippen LogP contribution >= 0.6 is 0 Å². The van der Waals surface area contributed by atoms with E-state index in [2.05, 4.69) is 13.8 Å². The average molecular weight is 290 g/mol. The predicted molar refractivity (Wildman–Crippen MR) is 84.7 cm³/mol. The van der Waals surface area contributed by atoms with Crippen LogP contribution in [0.3, 0.4) is 0 Å². The van der Waals surface area contributed by atoms with E-state index in [1.165, 1.54) is 0 Å². The molecule has 0 aromatic heterocycles. The van der Waals surface area contributed by atoms with E-state index >= 15 is 0 Å². The number of nitrogen functional groups attached to an aromatic ring is 1. The maximum atomic E-state index is 12.8. The molecular formula is C17H26N2O2. The molecule has 4 heteroatoms. The Kier molecular flexibility index (Phi) is 5.62. The molecule has 2 N–H and O–H groups in total. The fourth-order valence-electron chi connectivity index (χ4n) is 2.99. The van der Waals surface area contributed by atoms with E-state index in [0.29, 0.717) is 13.2 Å². The summed E-state index contributed by atoms with van der Waals surface area (Å²) in [6, 6.07) is 7.77. The largest absolute Gasteiger partial charge is 0.398 e. The molecule has 0 radical (unpaired) electrons. The van der Waals surface area contributed by atoms with Crippen molar-refractivity contribution in [1.29, 1.82) is 0 Å². The molecular weight excluding hydrogens is 264 g/mol. The van der Waals surface area contributed by atoms with Gasteiger partial charge in [0, 0.05) is 25.4 Å². The number of hydrogen-bond acceptors (Lipinski definition) is 3. The first kappa shape index (κ1) is 15.8. The normalized spacial score (nSPS) is 21.4. The molecule has 4 nitrogen and oxygen atoms in total. The van der Waals surface area contributed by atoms with Gasteiger partial charge in [-0.1, -0.05) is 32.0 Å². The maximum Gasteiger partial charge on any atom is 0.228 e. The van der Waals surface area contributed by atoms with Crippen molar-refractivity contribution in [2.75, 3.05) is 18.9 Å². The number of rotatable bonds is 6. The van der Waals surface area contributed by atoms with Crippen LogP contribution in [-0.2, 0) is 16.1 Å². The summed E-state index contributed by atoms with van der Waals surface area (Å²) in [4.78, 5) is 14.8. The van der Waals surface area contributed by atoms with Gasteiger partial charge >= 0.3 is 0 Å². The van der Waals surface area contributed by atoms with Crippen molar-refractivity contribution in [2.24, 2.45) is 5.92 Å². The lowest BCUT2D eigenvalue weighted by Crippen LogP contribution is -2.39. The number of amides is 1. The maximum absolute atomic E-state index is 12.8. The van der Waals surface area contributed by atoms with Gasteiger partial charge in [-0.2, -0.15) is 0 Å². The van der Waals surface area contributed by atoms with Gasteiger partial charge in [0.05, 0.1) is 12.0 Å². The third-order valence-corrected chi connectivity index (χ3v) is 4.15. The standard InChI is InChI=1S/C17H26N2O2/c1-3-10-19(12-13-7-5-6-8-15(13)18)17(20)14-9-11-21-16(14)4-2/h5-8,14,16H,3-4,9-12,18H2,1-2H3. The molecule has 2 unspecified atom stereocenters. The summed E-state index contributed by atoms with van der Waals surface area (Å²) >= 11 is 0. The van der Waals surface area contributed by atoms with E-state index in [9.17, 15) is 4.79 Å². The van der Waals surface area contributed by atoms with Gasteiger partial charge in [0.2, 0.25) is 5.91 Å². The molecule has 1 aromatic carbocycles. The molecule has 1 aliphatic rings. The van der Waals surface area contributed by atoms with Gasteiger partial charge < -0.3 is 15.4 Å². The quantitative estimate of drug-likeness (QED) is 0.820. The third kappa shape index (κ3) is 3.76. The van der Waals surface area contributed by atoms with Crippen LogP contribution in [0.15, 0.2) is 24.3 Å². The molecule has 1 heterocycles. The Hall–Kier alpha value is -1.55. The number of benzene rings is 1. The molecule has 1 aliphatic heterocycles. The van der Waals surface area contributed by atoms with E-state index < -0.39 is 0 Å². The first-order valence-corrected chi connectivity index (χ1v) is 7.91. The fraction of sp³-hybridized carbons (Fsp3) is 0.588. The SMILES string of the molecule is CCCN(Cc1ccccc1N)C(=O)C1CCOC1CC. The van der Waals surface area contributed by atoms with Crippen molar-refractivity contribution >= 4 is 11.6 Å². The summed E-state index contributed by atoms with van der Waals surface area (Å²) in [7, 11) is 0. The van der Waals surface area contributed by atoms with Gasteiger partial charge in [-0.3, -0.25) is 4.79 Å². The number of carbonyl (C=O) groups excluding carboxylic acids is 1. The lowest BCUT2D eigenvalue weighted by atomic mass is 9.97. The minimum absolute atomic E-state index is 0.00601. The first-order valence-electron chi connectivity index (χ1n) is 7.91. The highest BCUT2D eigenvalue weighted by molar-refractivity contribution is 5.80. The molecule has 0 saturated carbocycles. The van der Waals surface area contributed by atoms with Crippen molar-refractivity contribution < 1.29 is 9.53 Å². The van der Waals surface area contributed by atoms with E-state index in [-0.39, 0.29) is 17.9 Å². The topological polar surface area (TPSA) is 55.6 Å². The Morgan fingerprint density at radius 2 is 2.14 bits per heavy atom. The molecule has 116 valence electrons. The number of para-hydroxylation sites is 1. The Bertz CT molecular complexity index is 476. The van der Waals surface area contributed by atoms with Crippen molar-refractivity contribution in [3.63, 3.8) is 0 Å². The highest BCUT2D eigenvalue weighted by atomic mass is 16.5. The number of carbonyl (C=O) groups is 1. The molecule has 0 bridgehead atoms. The van der Waals surface area contributed by atoms with Gasteiger partial charge in [-0.15, -0.1) is 0 Å². The Labute approximate surface area is 127 Å². The van der Waals surface area contributed by atoms with Crippen LogP contribution < -0.4 is 5.73 Å². The highest BCUT2D eigenvalue weighted by Crippen LogP contribution is 2.26. The first-order chi connectivity index (χ1) is 10.2. The molecule has 1 amide bonds. The van der Waals surface area contributed by atoms with Gasteiger partial charge in [0.25, 0.3) is 0 Å². The fourth-order valence-corrected chi connectivity index (χ4v) is 2.99. The zero-order chi connectivity index (χ0) is 15.2. The van der Waals surface area contributed by atoms with Crippen LogP contribution in [0, 0.1) is 5.92 Å². The predicted octanol–water partition coefficient (Wildman–Crippen LogP) is 2.82. The number of hydrogen-bond donors (Lipinski definition) is 1. The molecule has 2 atom stereocenters. The Balaban J connectivity index is 2.11. The minimum Gasteiger partial charge on any atom is -0.398 e. The Morgan fingerprint density at radius 1 is 1.38 bits per heavy atom. The van der Waals surface area contributed by atoms with Gasteiger partial charge in [0.15, 0.2) is 0 Å². The van der Waals surface area contributed by atoms with Gasteiger partial charge in [-0.05, 0) is 30.9 Å². The molecule has 21 heavy (non-hydrogen) atoms. The summed E-state index contributed by atoms with van der Waals surface area (Å²) in [5.74, 6) is 0.218. The Morgan fingerprint density at radius 3 is 2.81 bits per heavy atom. The van der Waals surface area contributed by atoms with E-state index in [1.807, 2.05) is 29.2 Å². The average Bonchev–Trinajstić information content (AvgIpc) is 2.96. The van der Waals surface area contributed by atoms with Crippen molar-refractivity contribution in [3.05, 3.63) is 29.8 Å². The van der Waals surface area contributed by atoms with Crippen LogP contribution in [0.5, 0.6) is 0 Å². The number of nitrogens with zero attached hydrogens (tertiary/aromatic N) is 1. The lowest BCUT2D eigenvalue weighted by Gasteiger charge is -2.27. The monoisotopic (exact) mass is 290 g/mol. The summed E-state index contributed by atoms with van der Waals surface area (Å²) in [6.07, 6.45) is 2.75. The molecule has 2 rings (SSSR count). The summed E-state index contributed by atoms with van der Waals surface area (Å²) < 4.78 is 5.67. The summed E-state index contributed by atoms with van der Waals surface area (Å²) in [5.41, 5.74) is 7.78. The zero-order valence-corrected chi connectivity index (χ0v) is 13.0. The smallest absolute Gasteiger partial charge is 0.228 e. The molecule has 0 spiro atoms. The molecule has 1 aromatic rings. The van der Waals surface area contributed by atoms with Crippen LogP contribution in [0.1, 0.15) is 38.7 Å². The van der Waals surface area contributed by atoms with Gasteiger partial charge in [-0.25, -0.2) is 0 Å². The third-order valence-electron chi connectivity index (χ3n) is 4.15. The van der Waals surface area contributed by atoms with Gasteiger partial charge in [0.1, 0.15) is 0 Å². The van der Waals surface area contributed by atoms with Crippen molar-refractivity contribution in [1.82, 2.24) is 4.90 Å². The van der Waals surface area contributed by atoms with Crippen LogP contribution in [0.4, 0.5) is 5.69 Å². The van der Waals surface area contributed by atoms with E-state index in [1.54, 1.807) is 0 Å². The molecule has 1 fully saturated rings. The molecule has 1 saturated heterocycles. The number of ether oxygens (including phenoxy) is 1. The van der Waals surface area contributed by atoms with E-state index in [0.717, 1.165) is 37.1 Å². The minimum atomic E-state index is 0.00601. The summed E-state index contributed by atoms with van der Waals surface area (Å²) in [5, 5.41) is 0. The molecule has 0 aliphatic carbocycles. The van der Waals surface area contributed by atoms with Crippen LogP contribution in [-0.4, -0.2) is 30.1 Å². The van der Waals surface area contributed by atoms with Crippen LogP contribution in [0.25, 0.3) is 0 Å². The second kappa shape index (κ2) is 7.46. The second-order valence-corrected chi connectivity index (χ2v) is 5.67.